The molecule has 0 aliphatic heterocycles. The maximum atomic E-state index is 12.4. The first-order valence-corrected chi connectivity index (χ1v) is 7.86. The van der Waals surface area contributed by atoms with E-state index in [4.69, 9.17) is 5.73 Å². The summed E-state index contributed by atoms with van der Waals surface area (Å²) < 4.78 is 0. The van der Waals surface area contributed by atoms with E-state index in [-0.39, 0.29) is 29.8 Å². The second-order valence-corrected chi connectivity index (χ2v) is 6.79. The summed E-state index contributed by atoms with van der Waals surface area (Å²) >= 11 is 0. The van der Waals surface area contributed by atoms with Crippen LogP contribution < -0.4 is 11.1 Å². The number of carbonyl (C=O) groups is 1. The lowest BCUT2D eigenvalue weighted by Gasteiger charge is -2.34. The lowest BCUT2D eigenvalue weighted by atomic mass is 9.84. The van der Waals surface area contributed by atoms with E-state index in [0.717, 1.165) is 0 Å². The van der Waals surface area contributed by atoms with Gasteiger partial charge in [0, 0.05) is 13.0 Å². The van der Waals surface area contributed by atoms with Gasteiger partial charge >= 0.3 is 0 Å². The van der Waals surface area contributed by atoms with Crippen molar-refractivity contribution in [3.05, 3.63) is 35.9 Å². The van der Waals surface area contributed by atoms with Gasteiger partial charge in [0.05, 0.1) is 5.54 Å². The molecule has 3 nitrogen and oxygen atoms in total. The molecule has 0 fully saturated rings. The summed E-state index contributed by atoms with van der Waals surface area (Å²) in [5.41, 5.74) is 6.73. The van der Waals surface area contributed by atoms with Gasteiger partial charge in [0.1, 0.15) is 0 Å². The fraction of sp³-hybridized carbons (Fsp3) is 0.611. The van der Waals surface area contributed by atoms with Crippen LogP contribution in [0.25, 0.3) is 0 Å². The lowest BCUT2D eigenvalue weighted by Crippen LogP contribution is -2.55. The smallest absolute Gasteiger partial charge is 0.221 e. The highest BCUT2D eigenvalue weighted by Crippen LogP contribution is 2.28. The standard InChI is InChI=1S/C18H30N2O.ClH/c1-13(2)16(15-9-7-6-8-10-15)11-17(21)20-18(5,12-19)14(3)4;/h6-10,13-14,16H,11-12,19H2,1-5H3,(H,20,21);1H. The van der Waals surface area contributed by atoms with E-state index < -0.39 is 0 Å². The van der Waals surface area contributed by atoms with E-state index in [1.807, 2.05) is 25.1 Å². The summed E-state index contributed by atoms with van der Waals surface area (Å²) in [6.45, 7) is 11.0. The minimum absolute atomic E-state index is 0. The van der Waals surface area contributed by atoms with Gasteiger partial charge < -0.3 is 11.1 Å². The van der Waals surface area contributed by atoms with Crippen LogP contribution in [0, 0.1) is 11.8 Å². The van der Waals surface area contributed by atoms with Gasteiger partial charge in [-0.3, -0.25) is 4.79 Å². The molecule has 2 atom stereocenters. The topological polar surface area (TPSA) is 55.1 Å². The summed E-state index contributed by atoms with van der Waals surface area (Å²) in [5, 5.41) is 3.13. The van der Waals surface area contributed by atoms with Gasteiger partial charge in [-0.25, -0.2) is 0 Å². The van der Waals surface area contributed by atoms with Crippen LogP contribution in [0.3, 0.4) is 0 Å². The Morgan fingerprint density at radius 2 is 1.73 bits per heavy atom. The minimum atomic E-state index is -0.338. The Kier molecular flexibility index (Phi) is 8.72. The van der Waals surface area contributed by atoms with E-state index in [9.17, 15) is 4.79 Å². The third kappa shape index (κ3) is 5.62. The van der Waals surface area contributed by atoms with Crippen LogP contribution in [0.5, 0.6) is 0 Å². The Hall–Kier alpha value is -1.06. The maximum Gasteiger partial charge on any atom is 0.221 e. The zero-order valence-electron chi connectivity index (χ0n) is 14.4. The van der Waals surface area contributed by atoms with Crippen LogP contribution in [-0.4, -0.2) is 18.0 Å². The highest BCUT2D eigenvalue weighted by atomic mass is 35.5. The second kappa shape index (κ2) is 9.16. The van der Waals surface area contributed by atoms with Gasteiger partial charge in [-0.2, -0.15) is 0 Å². The molecular weight excluding hydrogens is 296 g/mol. The van der Waals surface area contributed by atoms with E-state index in [1.165, 1.54) is 5.56 Å². The van der Waals surface area contributed by atoms with Crippen molar-refractivity contribution >= 4 is 18.3 Å². The van der Waals surface area contributed by atoms with Crippen molar-refractivity contribution in [1.29, 1.82) is 0 Å². The van der Waals surface area contributed by atoms with Crippen molar-refractivity contribution in [2.75, 3.05) is 6.54 Å². The van der Waals surface area contributed by atoms with Gasteiger partial charge in [0.2, 0.25) is 5.91 Å². The molecule has 0 radical (unpaired) electrons. The number of benzene rings is 1. The molecule has 0 heterocycles. The van der Waals surface area contributed by atoms with E-state index in [0.29, 0.717) is 24.8 Å². The number of halogens is 1. The monoisotopic (exact) mass is 326 g/mol. The third-order valence-electron chi connectivity index (χ3n) is 4.56. The van der Waals surface area contributed by atoms with Gasteiger partial charge in [-0.15, -0.1) is 12.4 Å². The number of hydrogen-bond donors (Lipinski definition) is 2. The predicted molar refractivity (Wildman–Crippen MR) is 96.3 cm³/mol. The first-order valence-electron chi connectivity index (χ1n) is 7.86. The number of carbonyl (C=O) groups excluding carboxylic acids is 1. The van der Waals surface area contributed by atoms with Crippen LogP contribution in [0.1, 0.15) is 52.5 Å². The molecule has 126 valence electrons. The number of nitrogens with one attached hydrogen (secondary N) is 1. The number of hydrogen-bond acceptors (Lipinski definition) is 2. The van der Waals surface area contributed by atoms with Crippen LogP contribution in [0.2, 0.25) is 0 Å². The molecule has 0 aliphatic rings. The van der Waals surface area contributed by atoms with Crippen LogP contribution in [0.15, 0.2) is 30.3 Å². The molecule has 0 spiro atoms. The molecule has 1 amide bonds. The Morgan fingerprint density at radius 1 is 1.18 bits per heavy atom. The van der Waals surface area contributed by atoms with Crippen molar-refractivity contribution in [2.45, 2.75) is 52.5 Å². The quantitative estimate of drug-likeness (QED) is 0.802. The normalized spacial score (nSPS) is 15.1. The van der Waals surface area contributed by atoms with Crippen LogP contribution >= 0.6 is 12.4 Å². The third-order valence-corrected chi connectivity index (χ3v) is 4.56. The molecule has 1 aromatic rings. The molecule has 0 saturated heterocycles. The van der Waals surface area contributed by atoms with Gasteiger partial charge in [-0.05, 0) is 30.2 Å². The summed E-state index contributed by atoms with van der Waals surface area (Å²) in [4.78, 5) is 12.4. The molecule has 2 unspecified atom stereocenters. The number of rotatable bonds is 7. The average molecular weight is 327 g/mol. The summed E-state index contributed by atoms with van der Waals surface area (Å²) in [6.07, 6.45) is 0.504. The number of nitrogens with two attached hydrogens (primary N) is 1. The predicted octanol–water partition coefficient (Wildman–Crippen LogP) is 3.73. The lowest BCUT2D eigenvalue weighted by molar-refractivity contribution is -0.123. The van der Waals surface area contributed by atoms with E-state index in [2.05, 4.69) is 45.1 Å². The average Bonchev–Trinajstić information content (AvgIpc) is 2.45. The van der Waals surface area contributed by atoms with Crippen molar-refractivity contribution in [3.63, 3.8) is 0 Å². The fourth-order valence-corrected chi connectivity index (χ4v) is 2.44. The second-order valence-electron chi connectivity index (χ2n) is 6.79. The van der Waals surface area contributed by atoms with E-state index >= 15 is 0 Å². The Labute approximate surface area is 141 Å². The molecule has 4 heteroatoms. The molecule has 0 saturated carbocycles. The molecule has 22 heavy (non-hydrogen) atoms. The molecule has 1 aromatic carbocycles. The SMILES string of the molecule is CC(C)C(CC(=O)NC(C)(CN)C(C)C)c1ccccc1.Cl. The molecule has 0 aliphatic carbocycles. The summed E-state index contributed by atoms with van der Waals surface area (Å²) in [6, 6.07) is 10.3. The minimum Gasteiger partial charge on any atom is -0.349 e. The van der Waals surface area contributed by atoms with Gasteiger partial charge in [-0.1, -0.05) is 58.0 Å². The van der Waals surface area contributed by atoms with Crippen molar-refractivity contribution in [1.82, 2.24) is 5.32 Å². The largest absolute Gasteiger partial charge is 0.349 e. The summed E-state index contributed by atoms with van der Waals surface area (Å²) in [5.74, 6) is 1.04. The highest BCUT2D eigenvalue weighted by Gasteiger charge is 2.30. The van der Waals surface area contributed by atoms with Crippen LogP contribution in [-0.2, 0) is 4.79 Å². The van der Waals surface area contributed by atoms with Gasteiger partial charge in [0.25, 0.3) is 0 Å². The molecule has 0 aromatic heterocycles. The molecular formula is C18H31ClN2O. The van der Waals surface area contributed by atoms with Gasteiger partial charge in [0.15, 0.2) is 0 Å². The first-order chi connectivity index (χ1) is 9.80. The van der Waals surface area contributed by atoms with Crippen molar-refractivity contribution < 1.29 is 4.79 Å². The molecule has 1 rings (SSSR count). The summed E-state index contributed by atoms with van der Waals surface area (Å²) in [7, 11) is 0. The van der Waals surface area contributed by atoms with Crippen molar-refractivity contribution in [3.8, 4) is 0 Å². The zero-order valence-corrected chi connectivity index (χ0v) is 15.2. The van der Waals surface area contributed by atoms with Crippen molar-refractivity contribution in [2.24, 2.45) is 17.6 Å². The van der Waals surface area contributed by atoms with E-state index in [1.54, 1.807) is 0 Å². The number of amides is 1. The Morgan fingerprint density at radius 3 is 2.14 bits per heavy atom. The zero-order chi connectivity index (χ0) is 16.0. The Balaban J connectivity index is 0.00000441. The fourth-order valence-electron chi connectivity index (χ4n) is 2.44. The first kappa shape index (κ1) is 20.9. The highest BCUT2D eigenvalue weighted by molar-refractivity contribution is 5.85. The Bertz CT molecular complexity index is 448. The molecule has 3 N–H and O–H groups in total. The van der Waals surface area contributed by atoms with Crippen LogP contribution in [0.4, 0.5) is 0 Å². The molecule has 0 bridgehead atoms. The maximum absolute atomic E-state index is 12.4.